The number of alkyl halides is 3. The Morgan fingerprint density at radius 2 is 1.82 bits per heavy atom. The second-order valence-corrected chi connectivity index (χ2v) is 6.16. The molecule has 28 heavy (non-hydrogen) atoms. The van der Waals surface area contributed by atoms with Crippen molar-refractivity contribution in [3.05, 3.63) is 62.6 Å². The normalized spacial score (nSPS) is 11.4. The summed E-state index contributed by atoms with van der Waals surface area (Å²) in [6.45, 7) is 0. The van der Waals surface area contributed by atoms with E-state index in [1.807, 2.05) is 0 Å². The van der Waals surface area contributed by atoms with Crippen LogP contribution in [0.3, 0.4) is 0 Å². The van der Waals surface area contributed by atoms with Crippen LogP contribution >= 0.6 is 23.2 Å². The van der Waals surface area contributed by atoms with E-state index in [-0.39, 0.29) is 21.5 Å². The molecule has 0 saturated carbocycles. The Bertz CT molecular complexity index is 1090. The van der Waals surface area contributed by atoms with Gasteiger partial charge in [-0.2, -0.15) is 13.2 Å². The molecule has 1 N–H and O–H groups in total. The molecule has 0 aliphatic heterocycles. The van der Waals surface area contributed by atoms with Crippen molar-refractivity contribution < 1.29 is 22.6 Å². The molecule has 0 saturated heterocycles. The van der Waals surface area contributed by atoms with Gasteiger partial charge >= 0.3 is 6.18 Å². The molecule has 0 aliphatic rings. The van der Waals surface area contributed by atoms with Gasteiger partial charge < -0.3 is 14.5 Å². The number of aromatic amines is 1. The first-order valence-corrected chi connectivity index (χ1v) is 8.29. The fourth-order valence-corrected chi connectivity index (χ4v) is 2.48. The zero-order valence-corrected chi connectivity index (χ0v) is 15.5. The molecule has 0 unspecified atom stereocenters. The first-order valence-electron chi connectivity index (χ1n) is 7.54. The standard InChI is InChI=1S/C17H10Cl2F3N3O3/c1-27-8-4-5-23-12(7-8)15-24-14(17(20,21)22)13(16(26)25-15)28-9-2-3-10(18)11(19)6-9/h2-7H,1H3,(H,24,25,26). The number of pyridine rings is 1. The topological polar surface area (TPSA) is 77.1 Å². The lowest BCUT2D eigenvalue weighted by atomic mass is 10.3. The molecule has 2 aromatic heterocycles. The number of methoxy groups -OCH3 is 1. The van der Waals surface area contributed by atoms with Crippen LogP contribution in [0.5, 0.6) is 17.2 Å². The molecule has 6 nitrogen and oxygen atoms in total. The second kappa shape index (κ2) is 7.69. The van der Waals surface area contributed by atoms with Gasteiger partial charge in [-0.1, -0.05) is 23.2 Å². The molecular formula is C17H10Cl2F3N3O3. The van der Waals surface area contributed by atoms with Crippen molar-refractivity contribution in [3.8, 4) is 28.8 Å². The van der Waals surface area contributed by atoms with E-state index in [1.165, 1.54) is 43.6 Å². The van der Waals surface area contributed by atoms with Gasteiger partial charge in [0, 0.05) is 18.3 Å². The highest BCUT2D eigenvalue weighted by atomic mass is 35.5. The number of aromatic nitrogens is 3. The van der Waals surface area contributed by atoms with Crippen molar-refractivity contribution in [1.82, 2.24) is 15.0 Å². The average Bonchev–Trinajstić information content (AvgIpc) is 2.65. The maximum atomic E-state index is 13.5. The number of hydrogen-bond acceptors (Lipinski definition) is 5. The zero-order chi connectivity index (χ0) is 20.5. The fraction of sp³-hybridized carbons (Fsp3) is 0.118. The smallest absolute Gasteiger partial charge is 0.437 e. The molecule has 0 radical (unpaired) electrons. The number of rotatable bonds is 4. The molecule has 0 amide bonds. The molecule has 1 aromatic carbocycles. The van der Waals surface area contributed by atoms with Crippen molar-refractivity contribution in [1.29, 1.82) is 0 Å². The largest absolute Gasteiger partial charge is 0.497 e. The number of ether oxygens (including phenoxy) is 2. The van der Waals surface area contributed by atoms with Gasteiger partial charge in [-0.25, -0.2) is 4.98 Å². The number of benzene rings is 1. The Balaban J connectivity index is 2.12. The highest BCUT2D eigenvalue weighted by Crippen LogP contribution is 2.36. The lowest BCUT2D eigenvalue weighted by Gasteiger charge is -2.13. The molecule has 146 valence electrons. The minimum Gasteiger partial charge on any atom is -0.497 e. The summed E-state index contributed by atoms with van der Waals surface area (Å²) >= 11 is 11.6. The summed E-state index contributed by atoms with van der Waals surface area (Å²) in [6, 6.07) is 6.60. The molecule has 2 heterocycles. The van der Waals surface area contributed by atoms with Gasteiger partial charge in [0.1, 0.15) is 17.2 Å². The van der Waals surface area contributed by atoms with E-state index < -0.39 is 29.0 Å². The third-order valence-corrected chi connectivity index (χ3v) is 4.21. The third-order valence-electron chi connectivity index (χ3n) is 3.47. The van der Waals surface area contributed by atoms with Crippen LogP contribution in [0.25, 0.3) is 11.5 Å². The van der Waals surface area contributed by atoms with Crippen molar-refractivity contribution in [2.24, 2.45) is 0 Å². The molecule has 0 bridgehead atoms. The van der Waals surface area contributed by atoms with Gasteiger partial charge in [-0.05, 0) is 18.2 Å². The summed E-state index contributed by atoms with van der Waals surface area (Å²) in [5.41, 5.74) is -2.67. The van der Waals surface area contributed by atoms with Gasteiger partial charge in [0.25, 0.3) is 5.56 Å². The van der Waals surface area contributed by atoms with Crippen LogP contribution in [0, 0.1) is 0 Å². The molecular weight excluding hydrogens is 422 g/mol. The summed E-state index contributed by atoms with van der Waals surface area (Å²) in [6.07, 6.45) is -3.66. The van der Waals surface area contributed by atoms with E-state index in [1.54, 1.807) is 0 Å². The van der Waals surface area contributed by atoms with E-state index in [0.29, 0.717) is 5.75 Å². The van der Waals surface area contributed by atoms with Crippen LogP contribution in [-0.4, -0.2) is 22.1 Å². The number of nitrogens with one attached hydrogen (secondary N) is 1. The number of halogens is 5. The molecule has 3 rings (SSSR count). The van der Waals surface area contributed by atoms with E-state index in [4.69, 9.17) is 32.7 Å². The van der Waals surface area contributed by atoms with E-state index in [0.717, 1.165) is 0 Å². The van der Waals surface area contributed by atoms with Crippen molar-refractivity contribution in [2.45, 2.75) is 6.18 Å². The first-order chi connectivity index (χ1) is 13.2. The van der Waals surface area contributed by atoms with Crippen LogP contribution < -0.4 is 15.0 Å². The van der Waals surface area contributed by atoms with Crippen molar-refractivity contribution in [2.75, 3.05) is 7.11 Å². The van der Waals surface area contributed by atoms with Crippen molar-refractivity contribution in [3.63, 3.8) is 0 Å². The van der Waals surface area contributed by atoms with Crippen molar-refractivity contribution >= 4 is 23.2 Å². The predicted octanol–water partition coefficient (Wildman–Crippen LogP) is 4.96. The second-order valence-electron chi connectivity index (χ2n) is 5.35. The number of nitrogens with zero attached hydrogens (tertiary/aromatic N) is 2. The summed E-state index contributed by atoms with van der Waals surface area (Å²) in [7, 11) is 1.38. The van der Waals surface area contributed by atoms with E-state index >= 15 is 0 Å². The molecule has 11 heteroatoms. The lowest BCUT2D eigenvalue weighted by Crippen LogP contribution is -2.21. The van der Waals surface area contributed by atoms with Gasteiger partial charge in [0.05, 0.1) is 17.2 Å². The minimum atomic E-state index is -4.96. The maximum absolute atomic E-state index is 13.5. The Morgan fingerprint density at radius 3 is 2.46 bits per heavy atom. The average molecular weight is 432 g/mol. The Kier molecular flexibility index (Phi) is 5.48. The monoisotopic (exact) mass is 431 g/mol. The maximum Gasteiger partial charge on any atom is 0.437 e. The van der Waals surface area contributed by atoms with Crippen LogP contribution in [-0.2, 0) is 6.18 Å². The number of hydrogen-bond donors (Lipinski definition) is 1. The summed E-state index contributed by atoms with van der Waals surface area (Å²) in [4.78, 5) is 22.0. The molecule has 3 aromatic rings. The SMILES string of the molecule is COc1ccnc(-c2nc(C(F)(F)F)c(Oc3ccc(Cl)c(Cl)c3)c(=O)[nH]2)c1. The number of H-pyrrole nitrogens is 1. The third kappa shape index (κ3) is 4.20. The summed E-state index contributed by atoms with van der Waals surface area (Å²) in [5.74, 6) is -1.20. The van der Waals surface area contributed by atoms with E-state index in [2.05, 4.69) is 15.0 Å². The van der Waals surface area contributed by atoms with Gasteiger partial charge in [0.15, 0.2) is 11.5 Å². The van der Waals surface area contributed by atoms with Crippen LogP contribution in [0.4, 0.5) is 13.2 Å². The minimum absolute atomic E-state index is 0.0111. The zero-order valence-electron chi connectivity index (χ0n) is 14.0. The highest BCUT2D eigenvalue weighted by Gasteiger charge is 2.39. The Hall–Kier alpha value is -2.78. The van der Waals surface area contributed by atoms with Gasteiger partial charge in [-0.3, -0.25) is 9.78 Å². The molecule has 0 fully saturated rings. The van der Waals surface area contributed by atoms with Crippen LogP contribution in [0.15, 0.2) is 41.3 Å². The Morgan fingerprint density at radius 1 is 1.07 bits per heavy atom. The predicted molar refractivity (Wildman–Crippen MR) is 96.2 cm³/mol. The Labute approximate surface area is 165 Å². The molecule has 0 atom stereocenters. The molecule has 0 aliphatic carbocycles. The summed E-state index contributed by atoms with van der Waals surface area (Å²) < 4.78 is 50.7. The summed E-state index contributed by atoms with van der Waals surface area (Å²) in [5, 5.41) is 0.228. The lowest BCUT2D eigenvalue weighted by molar-refractivity contribution is -0.142. The van der Waals surface area contributed by atoms with Crippen LogP contribution in [0.2, 0.25) is 10.0 Å². The first kappa shape index (κ1) is 20.0. The van der Waals surface area contributed by atoms with Gasteiger partial charge in [-0.15, -0.1) is 0 Å². The quantitative estimate of drug-likeness (QED) is 0.631. The molecule has 0 spiro atoms. The van der Waals surface area contributed by atoms with Gasteiger partial charge in [0.2, 0.25) is 5.75 Å². The fourth-order valence-electron chi connectivity index (χ4n) is 2.20. The van der Waals surface area contributed by atoms with Crippen LogP contribution in [0.1, 0.15) is 5.69 Å². The van der Waals surface area contributed by atoms with E-state index in [9.17, 15) is 18.0 Å². The highest BCUT2D eigenvalue weighted by molar-refractivity contribution is 6.42.